The van der Waals surface area contributed by atoms with Crippen LogP contribution in [0.5, 0.6) is 0 Å². The van der Waals surface area contributed by atoms with Crippen LogP contribution in [-0.2, 0) is 38.1 Å². The molecule has 0 aromatic rings. The molecule has 2 aliphatic heterocycles. The van der Waals surface area contributed by atoms with Crippen molar-refractivity contribution in [3.63, 3.8) is 0 Å². The van der Waals surface area contributed by atoms with Crippen LogP contribution in [0, 0.1) is 46.3 Å². The first-order valence-electron chi connectivity index (χ1n) is 16.5. The van der Waals surface area contributed by atoms with Crippen molar-refractivity contribution in [1.82, 2.24) is 0 Å². The van der Waals surface area contributed by atoms with Gasteiger partial charge in [-0.3, -0.25) is 14.4 Å². The molecular formula is C34H52O9. The zero-order valence-corrected chi connectivity index (χ0v) is 27.4. The molecule has 2 heterocycles. The van der Waals surface area contributed by atoms with Crippen molar-refractivity contribution in [2.45, 2.75) is 149 Å². The lowest BCUT2D eigenvalue weighted by Gasteiger charge is -2.63. The number of aliphatic hydroxyl groups is 1. The number of carbonyl (C=O) groups is 3. The Labute approximate surface area is 256 Å². The molecule has 1 spiro atoms. The van der Waals surface area contributed by atoms with Crippen LogP contribution in [0.2, 0.25) is 0 Å². The van der Waals surface area contributed by atoms with Gasteiger partial charge in [-0.1, -0.05) is 20.8 Å². The van der Waals surface area contributed by atoms with Crippen molar-refractivity contribution in [2.24, 2.45) is 46.3 Å². The van der Waals surface area contributed by atoms with E-state index >= 15 is 0 Å². The minimum atomic E-state index is -1.21. The summed E-state index contributed by atoms with van der Waals surface area (Å²) in [4.78, 5) is 36.8. The summed E-state index contributed by atoms with van der Waals surface area (Å²) in [5.74, 6) is -1.28. The summed E-state index contributed by atoms with van der Waals surface area (Å²) in [7, 11) is 0. The molecule has 0 aromatic carbocycles. The van der Waals surface area contributed by atoms with Crippen LogP contribution in [0.25, 0.3) is 0 Å². The van der Waals surface area contributed by atoms with Gasteiger partial charge in [0.15, 0.2) is 5.79 Å². The minimum Gasteiger partial charge on any atom is -0.462 e. The van der Waals surface area contributed by atoms with Crippen LogP contribution in [0.1, 0.15) is 107 Å². The Morgan fingerprint density at radius 3 is 1.93 bits per heavy atom. The molecule has 14 unspecified atom stereocenters. The fourth-order valence-corrected chi connectivity index (χ4v) is 11.6. The zero-order valence-electron chi connectivity index (χ0n) is 27.4. The van der Waals surface area contributed by atoms with Crippen molar-refractivity contribution in [3.05, 3.63) is 0 Å². The monoisotopic (exact) mass is 604 g/mol. The molecule has 0 aromatic heterocycles. The van der Waals surface area contributed by atoms with Gasteiger partial charge >= 0.3 is 17.9 Å². The highest BCUT2D eigenvalue weighted by Crippen LogP contribution is 2.73. The smallest absolute Gasteiger partial charge is 0.303 e. The topological polar surface area (TPSA) is 118 Å². The largest absolute Gasteiger partial charge is 0.462 e. The van der Waals surface area contributed by atoms with Gasteiger partial charge < -0.3 is 28.8 Å². The lowest BCUT2D eigenvalue weighted by molar-refractivity contribution is -0.301. The SMILES string of the molecule is CC(=O)OC1CC2CCC3C4CC5OC6(CC(C)C(C)(C)O6)C(C)(O)C5C4(C)CC(OC(C)=O)C3C2(C)CC1OC(C)=O. The van der Waals surface area contributed by atoms with Gasteiger partial charge in [0.2, 0.25) is 0 Å². The molecule has 1 N–H and O–H groups in total. The summed E-state index contributed by atoms with van der Waals surface area (Å²) < 4.78 is 31.2. The number of hydrogen-bond acceptors (Lipinski definition) is 9. The third-order valence-electron chi connectivity index (χ3n) is 13.4. The predicted octanol–water partition coefficient (Wildman–Crippen LogP) is 4.95. The van der Waals surface area contributed by atoms with E-state index in [1.165, 1.54) is 20.8 Å². The molecule has 6 aliphatic rings. The van der Waals surface area contributed by atoms with Crippen molar-refractivity contribution in [1.29, 1.82) is 0 Å². The van der Waals surface area contributed by atoms with Crippen LogP contribution >= 0.6 is 0 Å². The maximum absolute atomic E-state index is 12.7. The van der Waals surface area contributed by atoms with E-state index in [4.69, 9.17) is 23.7 Å². The van der Waals surface area contributed by atoms with Crippen LogP contribution < -0.4 is 0 Å². The molecule has 9 nitrogen and oxygen atoms in total. The average Bonchev–Trinajstić information content (AvgIpc) is 3.35. The second-order valence-electron chi connectivity index (χ2n) is 16.3. The van der Waals surface area contributed by atoms with Gasteiger partial charge in [0.25, 0.3) is 0 Å². The lowest BCUT2D eigenvalue weighted by atomic mass is 9.43. The summed E-state index contributed by atoms with van der Waals surface area (Å²) in [6.07, 6.45) is 3.62. The lowest BCUT2D eigenvalue weighted by Crippen LogP contribution is -2.64. The summed E-state index contributed by atoms with van der Waals surface area (Å²) in [5.41, 5.74) is -2.24. The summed E-state index contributed by atoms with van der Waals surface area (Å²) >= 11 is 0. The molecule has 242 valence electrons. The molecule has 0 bridgehead atoms. The van der Waals surface area contributed by atoms with Crippen LogP contribution in [-0.4, -0.2) is 64.4 Å². The predicted molar refractivity (Wildman–Crippen MR) is 155 cm³/mol. The molecule has 6 fully saturated rings. The normalized spacial score (nSPS) is 52.9. The van der Waals surface area contributed by atoms with Gasteiger partial charge in [-0.25, -0.2) is 0 Å². The number of esters is 3. The van der Waals surface area contributed by atoms with Crippen LogP contribution in [0.15, 0.2) is 0 Å². The fourth-order valence-electron chi connectivity index (χ4n) is 11.6. The number of hydrogen-bond donors (Lipinski definition) is 1. The first kappa shape index (κ1) is 31.3. The Bertz CT molecular complexity index is 1180. The maximum atomic E-state index is 12.7. The Morgan fingerprint density at radius 2 is 1.35 bits per heavy atom. The van der Waals surface area contributed by atoms with E-state index in [-0.39, 0.29) is 70.5 Å². The highest BCUT2D eigenvalue weighted by Gasteiger charge is 2.77. The molecular weight excluding hydrogens is 552 g/mol. The molecule has 6 rings (SSSR count). The molecule has 4 saturated carbocycles. The standard InChI is InChI=1S/C34H52O9/c1-17-14-34(43-30(17,5)6)33(9,38)29-25(42-34)13-23-22-11-10-21-12-24(39-18(2)35)26(40-19(3)36)15-31(21,7)28(22)27(41-20(4)37)16-32(23,29)8/h17,21-29,38H,10-16H2,1-9H3. The van der Waals surface area contributed by atoms with E-state index in [1.807, 2.05) is 6.92 Å². The van der Waals surface area contributed by atoms with Gasteiger partial charge in [-0.15, -0.1) is 0 Å². The first-order chi connectivity index (χ1) is 19.8. The second-order valence-corrected chi connectivity index (χ2v) is 16.3. The molecule has 4 aliphatic carbocycles. The maximum Gasteiger partial charge on any atom is 0.303 e. The average molecular weight is 605 g/mol. The van der Waals surface area contributed by atoms with E-state index in [0.29, 0.717) is 25.7 Å². The Hall–Kier alpha value is -1.71. The summed E-state index contributed by atoms with van der Waals surface area (Å²) in [5, 5.41) is 12.4. The number of carbonyl (C=O) groups excluding carboxylic acids is 3. The molecule has 0 radical (unpaired) electrons. The second kappa shape index (κ2) is 9.89. The summed E-state index contributed by atoms with van der Waals surface area (Å²) in [6, 6.07) is 0. The third kappa shape index (κ3) is 4.52. The van der Waals surface area contributed by atoms with Crippen molar-refractivity contribution in [3.8, 4) is 0 Å². The van der Waals surface area contributed by atoms with Gasteiger partial charge in [0.05, 0.1) is 11.7 Å². The van der Waals surface area contributed by atoms with Gasteiger partial charge in [0, 0.05) is 39.0 Å². The van der Waals surface area contributed by atoms with E-state index < -0.39 is 35.2 Å². The van der Waals surface area contributed by atoms with E-state index in [0.717, 1.165) is 19.3 Å². The summed E-state index contributed by atoms with van der Waals surface area (Å²) in [6.45, 7) is 17.0. The zero-order chi connectivity index (χ0) is 31.5. The van der Waals surface area contributed by atoms with Gasteiger partial charge in [0.1, 0.15) is 23.9 Å². The highest BCUT2D eigenvalue weighted by molar-refractivity contribution is 5.67. The molecule has 0 amide bonds. The Morgan fingerprint density at radius 1 is 0.767 bits per heavy atom. The highest BCUT2D eigenvalue weighted by atomic mass is 16.7. The number of fused-ring (bicyclic) bond motifs is 7. The van der Waals surface area contributed by atoms with Gasteiger partial charge in [-0.05, 0) is 93.8 Å². The van der Waals surface area contributed by atoms with Gasteiger partial charge in [-0.2, -0.15) is 0 Å². The molecule has 9 heteroatoms. The van der Waals surface area contributed by atoms with E-state index in [9.17, 15) is 19.5 Å². The third-order valence-corrected chi connectivity index (χ3v) is 13.4. The molecule has 2 saturated heterocycles. The first-order valence-corrected chi connectivity index (χ1v) is 16.5. The molecule has 43 heavy (non-hydrogen) atoms. The minimum absolute atomic E-state index is 0.0454. The van der Waals surface area contributed by atoms with Crippen LogP contribution in [0.4, 0.5) is 0 Å². The fraction of sp³-hybridized carbons (Fsp3) is 0.912. The van der Waals surface area contributed by atoms with Crippen molar-refractivity contribution < 1.29 is 43.2 Å². The number of rotatable bonds is 3. The van der Waals surface area contributed by atoms with E-state index in [1.54, 1.807) is 0 Å². The Kier molecular flexibility index (Phi) is 7.20. The van der Waals surface area contributed by atoms with Crippen LogP contribution in [0.3, 0.4) is 0 Å². The van der Waals surface area contributed by atoms with Crippen molar-refractivity contribution >= 4 is 17.9 Å². The van der Waals surface area contributed by atoms with E-state index in [2.05, 4.69) is 34.6 Å². The number of ether oxygens (including phenoxy) is 5. The van der Waals surface area contributed by atoms with Crippen molar-refractivity contribution in [2.75, 3.05) is 0 Å². The Balaban J connectivity index is 1.36. The molecule has 14 atom stereocenters. The quantitative estimate of drug-likeness (QED) is 0.353.